The lowest BCUT2D eigenvalue weighted by Gasteiger charge is -2.12. The summed E-state index contributed by atoms with van der Waals surface area (Å²) in [5.41, 5.74) is 2.48. The largest absolute Gasteiger partial charge is 0.465 e. The second kappa shape index (κ2) is 7.96. The Bertz CT molecular complexity index is 1510. The van der Waals surface area contributed by atoms with Gasteiger partial charge in [-0.15, -0.1) is 0 Å². The fourth-order valence-electron chi connectivity index (χ4n) is 3.69. The van der Waals surface area contributed by atoms with Crippen molar-refractivity contribution in [3.8, 4) is 22.8 Å². The lowest BCUT2D eigenvalue weighted by molar-refractivity contribution is 0.0600. The van der Waals surface area contributed by atoms with Gasteiger partial charge in [0.05, 0.1) is 35.9 Å². The number of carbonyl (C=O) groups excluding carboxylic acids is 1. The van der Waals surface area contributed by atoms with E-state index in [2.05, 4.69) is 10.2 Å². The highest BCUT2D eigenvalue weighted by molar-refractivity contribution is 5.91. The quantitative estimate of drug-likeness (QED) is 0.409. The molecule has 5 aromatic rings. The molecule has 0 aliphatic rings. The minimum absolute atomic E-state index is 0.229. The third kappa shape index (κ3) is 3.35. The summed E-state index contributed by atoms with van der Waals surface area (Å²) in [6.07, 6.45) is 3.22. The zero-order valence-electron chi connectivity index (χ0n) is 17.2. The van der Waals surface area contributed by atoms with E-state index in [-0.39, 0.29) is 11.1 Å². The highest BCUT2D eigenvalue weighted by atomic mass is 16.5. The molecular formula is C25H18N4O3. The molecule has 156 valence electrons. The molecule has 2 heterocycles. The van der Waals surface area contributed by atoms with E-state index < -0.39 is 5.97 Å². The Hall–Kier alpha value is -4.52. The number of benzene rings is 3. The second-order valence-electron chi connectivity index (χ2n) is 7.14. The van der Waals surface area contributed by atoms with Crippen LogP contribution < -0.4 is 5.43 Å². The molecular weight excluding hydrogens is 404 g/mol. The maximum absolute atomic E-state index is 12.8. The van der Waals surface area contributed by atoms with Crippen LogP contribution in [0.2, 0.25) is 0 Å². The summed E-state index contributed by atoms with van der Waals surface area (Å²) in [7, 11) is 1.33. The third-order valence-electron chi connectivity index (χ3n) is 5.22. The number of aromatic nitrogens is 4. The number of hydrogen-bond donors (Lipinski definition) is 0. The molecule has 7 nitrogen and oxygen atoms in total. The van der Waals surface area contributed by atoms with E-state index in [9.17, 15) is 9.59 Å². The van der Waals surface area contributed by atoms with Crippen molar-refractivity contribution >= 4 is 16.7 Å². The molecule has 0 bridgehead atoms. The van der Waals surface area contributed by atoms with E-state index in [4.69, 9.17) is 4.74 Å². The molecule has 0 unspecified atom stereocenters. The number of esters is 1. The fraction of sp³-hybridized carbons (Fsp3) is 0.0400. The van der Waals surface area contributed by atoms with Gasteiger partial charge in [-0.3, -0.25) is 4.79 Å². The normalized spacial score (nSPS) is 10.9. The van der Waals surface area contributed by atoms with Crippen molar-refractivity contribution in [2.24, 2.45) is 0 Å². The Balaban J connectivity index is 1.65. The van der Waals surface area contributed by atoms with Crippen molar-refractivity contribution in [2.75, 3.05) is 7.11 Å². The van der Waals surface area contributed by atoms with E-state index >= 15 is 0 Å². The lowest BCUT2D eigenvalue weighted by Crippen LogP contribution is -2.15. The Kier molecular flexibility index (Phi) is 4.84. The van der Waals surface area contributed by atoms with Gasteiger partial charge in [-0.2, -0.15) is 10.2 Å². The smallest absolute Gasteiger partial charge is 0.337 e. The molecule has 0 saturated carbocycles. The van der Waals surface area contributed by atoms with Gasteiger partial charge in [0.2, 0.25) is 5.43 Å². The van der Waals surface area contributed by atoms with Gasteiger partial charge in [0.1, 0.15) is 0 Å². The molecule has 32 heavy (non-hydrogen) atoms. The molecule has 2 aromatic heterocycles. The zero-order chi connectivity index (χ0) is 22.1. The summed E-state index contributed by atoms with van der Waals surface area (Å²) < 4.78 is 8.08. The number of carbonyl (C=O) groups is 1. The number of nitrogens with zero attached hydrogens (tertiary/aromatic N) is 4. The van der Waals surface area contributed by atoms with E-state index in [1.165, 1.54) is 13.2 Å². The second-order valence-corrected chi connectivity index (χ2v) is 7.14. The van der Waals surface area contributed by atoms with Crippen LogP contribution >= 0.6 is 0 Å². The minimum atomic E-state index is -0.442. The van der Waals surface area contributed by atoms with Crippen molar-refractivity contribution in [3.05, 3.63) is 107 Å². The first kappa shape index (κ1) is 19.4. The lowest BCUT2D eigenvalue weighted by atomic mass is 10.1. The first-order valence-corrected chi connectivity index (χ1v) is 9.97. The molecule has 0 aliphatic heterocycles. The third-order valence-corrected chi connectivity index (χ3v) is 5.22. The Morgan fingerprint density at radius 2 is 1.75 bits per heavy atom. The zero-order valence-corrected chi connectivity index (χ0v) is 17.2. The first-order valence-electron chi connectivity index (χ1n) is 9.97. The van der Waals surface area contributed by atoms with Crippen molar-refractivity contribution in [3.63, 3.8) is 0 Å². The van der Waals surface area contributed by atoms with Crippen molar-refractivity contribution in [1.82, 2.24) is 19.6 Å². The maximum Gasteiger partial charge on any atom is 0.337 e. The number of hydrogen-bond acceptors (Lipinski definition) is 5. The first-order chi connectivity index (χ1) is 15.7. The van der Waals surface area contributed by atoms with Crippen molar-refractivity contribution in [1.29, 1.82) is 0 Å². The molecule has 5 rings (SSSR count). The minimum Gasteiger partial charge on any atom is -0.465 e. The van der Waals surface area contributed by atoms with Gasteiger partial charge in [-0.25, -0.2) is 14.2 Å². The van der Waals surface area contributed by atoms with Crippen LogP contribution in [0.15, 0.2) is 96.1 Å². The molecule has 0 aliphatic carbocycles. The van der Waals surface area contributed by atoms with Crippen LogP contribution in [0, 0.1) is 0 Å². The summed E-state index contributed by atoms with van der Waals surface area (Å²) in [5, 5.41) is 11.1. The molecule has 7 heteroatoms. The van der Waals surface area contributed by atoms with Crippen molar-refractivity contribution in [2.45, 2.75) is 0 Å². The van der Waals surface area contributed by atoms with Gasteiger partial charge in [0.15, 0.2) is 5.69 Å². The number of ether oxygens (including phenoxy) is 1. The van der Waals surface area contributed by atoms with Crippen LogP contribution in [0.3, 0.4) is 0 Å². The fourth-order valence-corrected chi connectivity index (χ4v) is 3.69. The van der Waals surface area contributed by atoms with Gasteiger partial charge in [0.25, 0.3) is 0 Å². The number of fused-ring (bicyclic) bond motifs is 1. The number of methoxy groups -OCH3 is 1. The van der Waals surface area contributed by atoms with E-state index in [0.717, 1.165) is 16.5 Å². The molecule has 0 saturated heterocycles. The average Bonchev–Trinajstić information content (AvgIpc) is 3.33. The van der Waals surface area contributed by atoms with E-state index in [1.54, 1.807) is 52.1 Å². The molecule has 0 amide bonds. The molecule has 0 radical (unpaired) electrons. The highest BCUT2D eigenvalue weighted by Crippen LogP contribution is 2.25. The van der Waals surface area contributed by atoms with Gasteiger partial charge in [0, 0.05) is 17.6 Å². The van der Waals surface area contributed by atoms with Gasteiger partial charge in [-0.1, -0.05) is 42.5 Å². The van der Waals surface area contributed by atoms with Gasteiger partial charge in [-0.05, 0) is 35.7 Å². The summed E-state index contributed by atoms with van der Waals surface area (Å²) in [4.78, 5) is 24.7. The predicted octanol–water partition coefficient (Wildman–Crippen LogP) is 4.03. The average molecular weight is 422 g/mol. The predicted molar refractivity (Wildman–Crippen MR) is 121 cm³/mol. The molecule has 0 spiro atoms. The standard InChI is InChI=1S/C25H18N4O3/c1-32-25(31)18-8-4-9-19(16-18)28-15-13-23(30)24(27-28)22-12-14-26-29(22)21-11-5-7-17-6-2-3-10-20(17)21/h2-16H,1H3. The summed E-state index contributed by atoms with van der Waals surface area (Å²) in [6, 6.07) is 24.0. The summed E-state index contributed by atoms with van der Waals surface area (Å²) in [5.74, 6) is -0.442. The van der Waals surface area contributed by atoms with Crippen molar-refractivity contribution < 1.29 is 9.53 Å². The van der Waals surface area contributed by atoms with Crippen LogP contribution in [-0.2, 0) is 4.74 Å². The van der Waals surface area contributed by atoms with Crippen LogP contribution in [-0.4, -0.2) is 32.6 Å². The van der Waals surface area contributed by atoms with Crippen LogP contribution in [0.4, 0.5) is 0 Å². The van der Waals surface area contributed by atoms with E-state index in [0.29, 0.717) is 16.9 Å². The van der Waals surface area contributed by atoms with Gasteiger partial charge >= 0.3 is 5.97 Å². The van der Waals surface area contributed by atoms with Gasteiger partial charge < -0.3 is 4.74 Å². The van der Waals surface area contributed by atoms with Crippen LogP contribution in [0.25, 0.3) is 33.5 Å². The van der Waals surface area contributed by atoms with E-state index in [1.807, 2.05) is 42.5 Å². The molecule has 3 aromatic carbocycles. The Morgan fingerprint density at radius 1 is 0.938 bits per heavy atom. The maximum atomic E-state index is 12.8. The molecule has 0 atom stereocenters. The highest BCUT2D eigenvalue weighted by Gasteiger charge is 2.15. The van der Waals surface area contributed by atoms with Crippen LogP contribution in [0.1, 0.15) is 10.4 Å². The Morgan fingerprint density at radius 3 is 2.62 bits per heavy atom. The topological polar surface area (TPSA) is 79.0 Å². The van der Waals surface area contributed by atoms with Crippen LogP contribution in [0.5, 0.6) is 0 Å². The summed E-state index contributed by atoms with van der Waals surface area (Å²) >= 11 is 0. The monoisotopic (exact) mass is 422 g/mol. The molecule has 0 fully saturated rings. The summed E-state index contributed by atoms with van der Waals surface area (Å²) in [6.45, 7) is 0. The Labute approximate surface area is 183 Å². The molecule has 0 N–H and O–H groups in total. The number of rotatable bonds is 4. The SMILES string of the molecule is COC(=O)c1cccc(-n2ccc(=O)c(-c3ccnn3-c3cccc4ccccc34)n2)c1.